The van der Waals surface area contributed by atoms with E-state index in [0.717, 1.165) is 10.2 Å². The molecule has 35 heavy (non-hydrogen) atoms. The zero-order chi connectivity index (χ0) is 25.0. The largest absolute Gasteiger partial charge is 0.342 e. The van der Waals surface area contributed by atoms with Gasteiger partial charge in [-0.05, 0) is 57.0 Å². The maximum absolute atomic E-state index is 13.8. The number of carbonyl (C=O) groups is 3. The van der Waals surface area contributed by atoms with Crippen LogP contribution in [0.2, 0.25) is 0 Å². The first-order valence-electron chi connectivity index (χ1n) is 12.1. The Bertz CT molecular complexity index is 1070. The highest BCUT2D eigenvalue weighted by Crippen LogP contribution is 2.39. The van der Waals surface area contributed by atoms with Gasteiger partial charge in [0.1, 0.15) is 12.1 Å². The number of likely N-dealkylation sites (N-methyl/N-ethyl adjacent to an activating group) is 1. The summed E-state index contributed by atoms with van der Waals surface area (Å²) in [6.45, 7) is 6.46. The van der Waals surface area contributed by atoms with E-state index in [2.05, 4.69) is 26.1 Å². The highest BCUT2D eigenvalue weighted by atomic mass is 79.9. The summed E-state index contributed by atoms with van der Waals surface area (Å²) in [4.78, 5) is 46.8. The Morgan fingerprint density at radius 3 is 2.34 bits per heavy atom. The monoisotopic (exact) mass is 541 g/mol. The summed E-state index contributed by atoms with van der Waals surface area (Å²) in [6, 6.07) is 17.1. The van der Waals surface area contributed by atoms with Crippen LogP contribution in [0.15, 0.2) is 59.1 Å². The molecule has 2 saturated heterocycles. The Morgan fingerprint density at radius 1 is 1.03 bits per heavy atom. The molecule has 0 atom stereocenters. The molecule has 2 aliphatic heterocycles. The van der Waals surface area contributed by atoms with Gasteiger partial charge in [-0.1, -0.05) is 40.2 Å². The van der Waals surface area contributed by atoms with Gasteiger partial charge in [0.15, 0.2) is 0 Å². The third-order valence-corrected chi connectivity index (χ3v) is 7.47. The first-order valence-corrected chi connectivity index (χ1v) is 12.9. The van der Waals surface area contributed by atoms with Gasteiger partial charge in [-0.3, -0.25) is 9.59 Å². The summed E-state index contributed by atoms with van der Waals surface area (Å²) < 4.78 is 0.891. The second-order valence-electron chi connectivity index (χ2n) is 8.93. The van der Waals surface area contributed by atoms with Crippen molar-refractivity contribution in [1.29, 1.82) is 0 Å². The van der Waals surface area contributed by atoms with Crippen LogP contribution >= 0.6 is 15.9 Å². The minimum Gasteiger partial charge on any atom is -0.342 e. The molecule has 2 aromatic carbocycles. The Labute approximate surface area is 215 Å². The van der Waals surface area contributed by atoms with Crippen molar-refractivity contribution in [1.82, 2.24) is 14.7 Å². The lowest BCUT2D eigenvalue weighted by Gasteiger charge is -2.43. The fourth-order valence-electron chi connectivity index (χ4n) is 5.01. The Balaban J connectivity index is 1.51. The number of nitrogens with one attached hydrogen (secondary N) is 1. The number of likely N-dealkylation sites (tertiary alicyclic amines) is 1. The summed E-state index contributed by atoms with van der Waals surface area (Å²) in [5, 5.41) is 2.94. The van der Waals surface area contributed by atoms with Gasteiger partial charge < -0.3 is 24.9 Å². The molecule has 0 aliphatic carbocycles. The molecule has 2 heterocycles. The summed E-state index contributed by atoms with van der Waals surface area (Å²) in [5.74, 6) is -0.0758. The topological polar surface area (TPSA) is 76.2 Å². The van der Waals surface area contributed by atoms with E-state index in [9.17, 15) is 14.4 Å². The average molecular weight is 542 g/mol. The number of hydrogen-bond acceptors (Lipinski definition) is 4. The number of nitrogens with zero attached hydrogens (tertiary/aromatic N) is 4. The molecule has 2 fully saturated rings. The van der Waals surface area contributed by atoms with Gasteiger partial charge in [0, 0.05) is 42.0 Å². The van der Waals surface area contributed by atoms with E-state index in [0.29, 0.717) is 51.4 Å². The predicted octanol–water partition coefficient (Wildman–Crippen LogP) is 3.99. The molecule has 4 rings (SSSR count). The number of carbonyl (C=O) groups excluding carboxylic acids is 3. The van der Waals surface area contributed by atoms with Gasteiger partial charge in [0.25, 0.3) is 5.91 Å². The highest BCUT2D eigenvalue weighted by molar-refractivity contribution is 9.10. The Hall–Kier alpha value is -3.07. The lowest BCUT2D eigenvalue weighted by Crippen LogP contribution is -2.58. The average Bonchev–Trinajstić information content (AvgIpc) is 3.12. The molecular formula is C26H32BrN5O3. The second-order valence-corrected chi connectivity index (χ2v) is 9.85. The summed E-state index contributed by atoms with van der Waals surface area (Å²) in [7, 11) is 0. The number of piperidine rings is 1. The van der Waals surface area contributed by atoms with Gasteiger partial charge >= 0.3 is 6.03 Å². The molecule has 1 spiro atoms. The molecule has 0 radical (unpaired) electrons. The highest BCUT2D eigenvalue weighted by Gasteiger charge is 2.54. The molecule has 8 nitrogen and oxygen atoms in total. The van der Waals surface area contributed by atoms with Crippen LogP contribution in [0.1, 0.15) is 26.7 Å². The van der Waals surface area contributed by atoms with E-state index in [4.69, 9.17) is 0 Å². The van der Waals surface area contributed by atoms with Gasteiger partial charge in [0.2, 0.25) is 5.91 Å². The number of rotatable bonds is 6. The van der Waals surface area contributed by atoms with Crippen LogP contribution < -0.4 is 10.2 Å². The van der Waals surface area contributed by atoms with Crippen molar-refractivity contribution in [2.45, 2.75) is 32.2 Å². The Morgan fingerprint density at radius 2 is 1.71 bits per heavy atom. The van der Waals surface area contributed by atoms with Gasteiger partial charge in [0.05, 0.1) is 6.67 Å². The van der Waals surface area contributed by atoms with Crippen molar-refractivity contribution in [3.8, 4) is 0 Å². The van der Waals surface area contributed by atoms with Crippen molar-refractivity contribution in [3.05, 3.63) is 59.1 Å². The van der Waals surface area contributed by atoms with Crippen molar-refractivity contribution >= 4 is 45.2 Å². The molecule has 9 heteroatoms. The first-order chi connectivity index (χ1) is 16.9. The standard InChI is InChI=1S/C26H32BrN5O3/c1-3-29(4-2)23(33)18-31-19-32(22-11-6-5-7-12-22)26(24(31)34)13-15-30(16-14-26)25(35)28-21-10-8-9-20(27)17-21/h5-12,17H,3-4,13-16,18-19H2,1-2H3,(H,28,35). The van der Waals surface area contributed by atoms with Crippen LogP contribution in [-0.2, 0) is 9.59 Å². The maximum Gasteiger partial charge on any atom is 0.321 e. The fourth-order valence-corrected chi connectivity index (χ4v) is 5.41. The number of benzene rings is 2. The van der Waals surface area contributed by atoms with Crippen molar-refractivity contribution in [2.24, 2.45) is 0 Å². The van der Waals surface area contributed by atoms with Crippen molar-refractivity contribution in [2.75, 3.05) is 49.6 Å². The molecule has 186 valence electrons. The number of urea groups is 1. The smallest absolute Gasteiger partial charge is 0.321 e. The third kappa shape index (κ3) is 5.15. The predicted molar refractivity (Wildman–Crippen MR) is 140 cm³/mol. The number of anilines is 2. The zero-order valence-electron chi connectivity index (χ0n) is 20.2. The molecule has 2 aliphatic rings. The lowest BCUT2D eigenvalue weighted by atomic mass is 9.85. The third-order valence-electron chi connectivity index (χ3n) is 6.98. The molecule has 2 aromatic rings. The lowest BCUT2D eigenvalue weighted by molar-refractivity contribution is -0.140. The number of para-hydroxylation sites is 1. The molecule has 0 saturated carbocycles. The quantitative estimate of drug-likeness (QED) is 0.599. The van der Waals surface area contributed by atoms with Gasteiger partial charge in [-0.25, -0.2) is 4.79 Å². The van der Waals surface area contributed by atoms with Gasteiger partial charge in [-0.2, -0.15) is 0 Å². The number of hydrogen-bond donors (Lipinski definition) is 1. The zero-order valence-corrected chi connectivity index (χ0v) is 21.8. The van der Waals surface area contributed by atoms with Crippen LogP contribution in [0.25, 0.3) is 0 Å². The van der Waals surface area contributed by atoms with Crippen LogP contribution in [0.3, 0.4) is 0 Å². The SMILES string of the molecule is CCN(CC)C(=O)CN1CN(c2ccccc2)C2(CCN(C(=O)Nc3cccc(Br)c3)CC2)C1=O. The van der Waals surface area contributed by atoms with Gasteiger partial charge in [-0.15, -0.1) is 0 Å². The maximum atomic E-state index is 13.8. The molecule has 1 N–H and O–H groups in total. The number of halogens is 1. The molecular weight excluding hydrogens is 510 g/mol. The van der Waals surface area contributed by atoms with Crippen molar-refractivity contribution < 1.29 is 14.4 Å². The van der Waals surface area contributed by atoms with E-state index < -0.39 is 5.54 Å². The second kappa shape index (κ2) is 10.7. The summed E-state index contributed by atoms with van der Waals surface area (Å²) >= 11 is 3.42. The van der Waals surface area contributed by atoms with E-state index in [1.807, 2.05) is 68.4 Å². The molecule has 0 bridgehead atoms. The normalized spacial score (nSPS) is 17.1. The van der Waals surface area contributed by atoms with Crippen molar-refractivity contribution in [3.63, 3.8) is 0 Å². The van der Waals surface area contributed by atoms with Crippen LogP contribution in [-0.4, -0.2) is 77.5 Å². The summed E-state index contributed by atoms with van der Waals surface area (Å²) in [6.07, 6.45) is 1.01. The summed E-state index contributed by atoms with van der Waals surface area (Å²) in [5.41, 5.74) is 0.900. The first kappa shape index (κ1) is 25.0. The van der Waals surface area contributed by atoms with Crippen LogP contribution in [0, 0.1) is 0 Å². The van der Waals surface area contributed by atoms with E-state index in [1.165, 1.54) is 0 Å². The van der Waals surface area contributed by atoms with Crippen LogP contribution in [0.5, 0.6) is 0 Å². The molecule has 0 unspecified atom stereocenters. The van der Waals surface area contributed by atoms with E-state index >= 15 is 0 Å². The Kier molecular flexibility index (Phi) is 7.64. The van der Waals surface area contributed by atoms with E-state index in [-0.39, 0.29) is 24.4 Å². The number of amides is 4. The fraction of sp³-hybridized carbons (Fsp3) is 0.423. The van der Waals surface area contributed by atoms with E-state index in [1.54, 1.807) is 14.7 Å². The minimum atomic E-state index is -0.766. The minimum absolute atomic E-state index is 0.0334. The molecule has 4 amide bonds. The van der Waals surface area contributed by atoms with Crippen LogP contribution in [0.4, 0.5) is 16.2 Å². The molecule has 0 aromatic heterocycles.